The highest BCUT2D eigenvalue weighted by Gasteiger charge is 2.41. The first-order chi connectivity index (χ1) is 28.3. The van der Waals surface area contributed by atoms with Crippen LogP contribution in [0, 0.1) is 11.8 Å². The Morgan fingerprint density at radius 2 is 1.32 bits per heavy atom. The zero-order chi connectivity index (χ0) is 43.7. The first kappa shape index (κ1) is 54.8. The molecule has 0 amide bonds. The number of esters is 2. The quantitative estimate of drug-likeness (QED) is 0.0158. The maximum atomic E-state index is 12.9. The molecule has 0 radical (unpaired) electrons. The van der Waals surface area contributed by atoms with Crippen LogP contribution in [0.1, 0.15) is 155 Å². The van der Waals surface area contributed by atoms with Crippen molar-refractivity contribution in [2.75, 3.05) is 26.4 Å². The Morgan fingerprint density at radius 3 is 2.02 bits per heavy atom. The molecule has 1 rings (SSSR count). The molecular weight excluding hydrogens is 783 g/mol. The molecule has 0 aromatic carbocycles. The van der Waals surface area contributed by atoms with Gasteiger partial charge in [-0.3, -0.25) is 23.4 Å². The minimum Gasteiger partial charge on any atom is -0.462 e. The van der Waals surface area contributed by atoms with Gasteiger partial charge in [0.15, 0.2) is 6.10 Å². The average Bonchev–Trinajstić information content (AvgIpc) is 3.47. The number of aliphatic hydroxyl groups is 5. The van der Waals surface area contributed by atoms with Crippen LogP contribution in [0.4, 0.5) is 0 Å². The summed E-state index contributed by atoms with van der Waals surface area (Å²) in [5.74, 6) is -2.32. The molecule has 0 heterocycles. The lowest BCUT2D eigenvalue weighted by atomic mass is 9.87. The van der Waals surface area contributed by atoms with E-state index in [1.165, 1.54) is 19.3 Å². The van der Waals surface area contributed by atoms with Gasteiger partial charge in [-0.1, -0.05) is 102 Å². The predicted molar refractivity (Wildman–Crippen MR) is 226 cm³/mol. The largest absolute Gasteiger partial charge is 0.472 e. The van der Waals surface area contributed by atoms with E-state index in [9.17, 15) is 44.3 Å². The number of ketones is 1. The Hall–Kier alpha value is -2.26. The van der Waals surface area contributed by atoms with Crippen LogP contribution in [-0.4, -0.2) is 105 Å². The number of hydrogen-bond donors (Lipinski definition) is 6. The van der Waals surface area contributed by atoms with E-state index in [4.69, 9.17) is 19.1 Å². The summed E-state index contributed by atoms with van der Waals surface area (Å²) in [6.45, 7) is 1.79. The van der Waals surface area contributed by atoms with Gasteiger partial charge >= 0.3 is 19.8 Å². The van der Waals surface area contributed by atoms with Crippen molar-refractivity contribution in [1.82, 2.24) is 0 Å². The highest BCUT2D eigenvalue weighted by Crippen LogP contribution is 2.43. The number of allylic oxidation sites excluding steroid dienone is 4. The number of carbonyl (C=O) groups excluding carboxylic acids is 3. The molecule has 0 aliphatic heterocycles. The lowest BCUT2D eigenvalue weighted by molar-refractivity contribution is -0.161. The molecule has 0 aromatic heterocycles. The SMILES string of the molecule is CCCCC/C=C\C/C=C\CCCCCCCC(=O)OC[C@H](COP(=O)(O)OC[C@@H](O)CO)OC(=O)CCCCC(=O)C[C@@H]1[C@@H](/C=C/[C@@H](O)CCCCC)[C@H](O)C[C@@H]1O. The van der Waals surface area contributed by atoms with Crippen LogP contribution in [0.25, 0.3) is 0 Å². The monoisotopic (exact) mass is 861 g/mol. The number of ether oxygens (including phenoxy) is 2. The normalized spacial score (nSPS) is 20.9. The second kappa shape index (κ2) is 34.3. The Balaban J connectivity index is 2.51. The van der Waals surface area contributed by atoms with Gasteiger partial charge in [-0.05, 0) is 57.8 Å². The maximum absolute atomic E-state index is 12.9. The zero-order valence-corrected chi connectivity index (χ0v) is 36.7. The number of aliphatic hydroxyl groups excluding tert-OH is 5. The Morgan fingerprint density at radius 1 is 0.729 bits per heavy atom. The van der Waals surface area contributed by atoms with Crippen LogP contribution in [0.5, 0.6) is 0 Å². The molecule has 1 aliphatic carbocycles. The van der Waals surface area contributed by atoms with Crippen molar-refractivity contribution < 1.29 is 67.9 Å². The zero-order valence-electron chi connectivity index (χ0n) is 35.8. The van der Waals surface area contributed by atoms with Crippen LogP contribution in [0.3, 0.4) is 0 Å². The molecule has 342 valence electrons. The number of unbranched alkanes of at least 4 members (excludes halogenated alkanes) is 11. The molecule has 8 atom stereocenters. The average molecular weight is 861 g/mol. The molecule has 1 fully saturated rings. The fourth-order valence-electron chi connectivity index (χ4n) is 6.72. The molecule has 59 heavy (non-hydrogen) atoms. The molecule has 6 N–H and O–H groups in total. The third-order valence-electron chi connectivity index (χ3n) is 10.2. The molecule has 1 saturated carbocycles. The van der Waals surface area contributed by atoms with Crippen LogP contribution in [0.2, 0.25) is 0 Å². The van der Waals surface area contributed by atoms with Crippen molar-refractivity contribution >= 4 is 25.5 Å². The van der Waals surface area contributed by atoms with Gasteiger partial charge in [-0.25, -0.2) is 4.57 Å². The summed E-state index contributed by atoms with van der Waals surface area (Å²) >= 11 is 0. The van der Waals surface area contributed by atoms with Crippen molar-refractivity contribution in [2.24, 2.45) is 11.8 Å². The standard InChI is InChI=1S/C44H77O14P/c1-3-5-7-8-9-10-11-12-13-14-15-16-17-18-20-25-43(51)55-33-38(34-57-59(53,54)56-32-37(48)31-45)58-44(52)26-22-21-24-36(47)29-40-39(41(49)30-42(40)50)28-27-35(46)23-19-6-4-2/h9-10,12-13,27-28,35,37-42,45-46,48-50H,3-8,11,14-26,29-34H2,1-2H3,(H,53,54)/b10-9-,13-12-,28-27+/t35-,37-,38+,39+,40+,41+,42-/m0/s1. The summed E-state index contributed by atoms with van der Waals surface area (Å²) in [6.07, 6.45) is 23.1. The third-order valence-corrected chi connectivity index (χ3v) is 11.2. The number of rotatable bonds is 37. The van der Waals surface area contributed by atoms with Gasteiger partial charge < -0.3 is 39.9 Å². The van der Waals surface area contributed by atoms with Crippen molar-refractivity contribution in [1.29, 1.82) is 0 Å². The van der Waals surface area contributed by atoms with E-state index < -0.39 is 88.5 Å². The molecule has 14 nitrogen and oxygen atoms in total. The highest BCUT2D eigenvalue weighted by molar-refractivity contribution is 7.47. The Labute approximate surface area is 353 Å². The van der Waals surface area contributed by atoms with Gasteiger partial charge in [0.2, 0.25) is 0 Å². The molecule has 1 unspecified atom stereocenters. The number of Topliss-reactive ketones (excluding diaryl/α,β-unsaturated/α-hetero) is 1. The van der Waals surface area contributed by atoms with Crippen LogP contribution < -0.4 is 0 Å². The van der Waals surface area contributed by atoms with Crippen LogP contribution in [-0.2, 0) is 37.5 Å². The van der Waals surface area contributed by atoms with Gasteiger partial charge in [0.25, 0.3) is 0 Å². The molecule has 0 aromatic rings. The highest BCUT2D eigenvalue weighted by atomic mass is 31.2. The van der Waals surface area contributed by atoms with E-state index in [0.717, 1.165) is 64.2 Å². The summed E-state index contributed by atoms with van der Waals surface area (Å²) in [5.41, 5.74) is 0. The summed E-state index contributed by atoms with van der Waals surface area (Å²) in [4.78, 5) is 48.0. The molecule has 15 heteroatoms. The minimum atomic E-state index is -4.73. The van der Waals surface area contributed by atoms with E-state index >= 15 is 0 Å². The first-order valence-electron chi connectivity index (χ1n) is 22.1. The van der Waals surface area contributed by atoms with Crippen molar-refractivity contribution in [3.05, 3.63) is 36.5 Å². The van der Waals surface area contributed by atoms with Crippen LogP contribution >= 0.6 is 7.82 Å². The summed E-state index contributed by atoms with van der Waals surface area (Å²) in [5, 5.41) is 49.7. The van der Waals surface area contributed by atoms with Gasteiger partial charge in [-0.2, -0.15) is 0 Å². The lowest BCUT2D eigenvalue weighted by Crippen LogP contribution is -2.30. The van der Waals surface area contributed by atoms with Crippen molar-refractivity contribution in [3.63, 3.8) is 0 Å². The summed E-state index contributed by atoms with van der Waals surface area (Å²) in [6, 6.07) is 0. The topological polar surface area (TPSA) is 227 Å². The van der Waals surface area contributed by atoms with Gasteiger partial charge in [-0.15, -0.1) is 0 Å². The van der Waals surface area contributed by atoms with E-state index in [0.29, 0.717) is 19.3 Å². The molecule has 0 saturated heterocycles. The second-order valence-corrected chi connectivity index (χ2v) is 17.1. The smallest absolute Gasteiger partial charge is 0.462 e. The second-order valence-electron chi connectivity index (χ2n) is 15.7. The molecule has 1 aliphatic rings. The molecule has 0 bridgehead atoms. The first-order valence-corrected chi connectivity index (χ1v) is 23.6. The summed E-state index contributed by atoms with van der Waals surface area (Å²) < 4.78 is 32.6. The minimum absolute atomic E-state index is 0.0438. The van der Waals surface area contributed by atoms with E-state index in [1.54, 1.807) is 12.2 Å². The fourth-order valence-corrected chi connectivity index (χ4v) is 7.51. The van der Waals surface area contributed by atoms with Crippen LogP contribution in [0.15, 0.2) is 36.5 Å². The van der Waals surface area contributed by atoms with Gasteiger partial charge in [0.1, 0.15) is 18.5 Å². The Kier molecular flexibility index (Phi) is 31.9. The number of phosphoric ester groups is 1. The number of carbonyl (C=O) groups is 3. The van der Waals surface area contributed by atoms with Gasteiger partial charge in [0, 0.05) is 43.9 Å². The fraction of sp³-hybridized carbons (Fsp3) is 0.795. The Bertz CT molecular complexity index is 1260. The maximum Gasteiger partial charge on any atom is 0.472 e. The number of phosphoric acid groups is 1. The lowest BCUT2D eigenvalue weighted by Gasteiger charge is -2.21. The van der Waals surface area contributed by atoms with E-state index in [-0.39, 0.29) is 44.3 Å². The summed E-state index contributed by atoms with van der Waals surface area (Å²) in [7, 11) is -4.73. The number of hydrogen-bond acceptors (Lipinski definition) is 13. The molecular formula is C44H77O14P. The van der Waals surface area contributed by atoms with E-state index in [1.807, 2.05) is 0 Å². The van der Waals surface area contributed by atoms with Gasteiger partial charge in [0.05, 0.1) is 38.1 Å². The van der Waals surface area contributed by atoms with E-state index in [2.05, 4.69) is 42.7 Å². The van der Waals surface area contributed by atoms with Crippen molar-refractivity contribution in [3.8, 4) is 0 Å². The molecule has 0 spiro atoms. The van der Waals surface area contributed by atoms with Crippen molar-refractivity contribution in [2.45, 2.75) is 186 Å². The third kappa shape index (κ3) is 28.8. The predicted octanol–water partition coefficient (Wildman–Crippen LogP) is 7.12.